The molecule has 1 heterocycles. The van der Waals surface area contributed by atoms with Crippen molar-refractivity contribution < 1.29 is 23.1 Å². The van der Waals surface area contributed by atoms with Crippen molar-refractivity contribution in [3.8, 4) is 0 Å². The number of amides is 1. The summed E-state index contributed by atoms with van der Waals surface area (Å²) >= 11 is 0. The van der Waals surface area contributed by atoms with E-state index in [1.54, 1.807) is 30.3 Å². The van der Waals surface area contributed by atoms with Crippen molar-refractivity contribution in [1.29, 1.82) is 0 Å². The molecule has 25 heavy (non-hydrogen) atoms. The third-order valence-electron chi connectivity index (χ3n) is 4.00. The van der Waals surface area contributed by atoms with E-state index < -0.39 is 29.8 Å². The van der Waals surface area contributed by atoms with Gasteiger partial charge in [-0.3, -0.25) is 4.79 Å². The first-order chi connectivity index (χ1) is 11.8. The molecule has 1 aliphatic rings. The molecule has 130 valence electrons. The topological polar surface area (TPSA) is 52.9 Å². The molecule has 0 saturated heterocycles. The normalized spacial score (nSPS) is 19.1. The van der Waals surface area contributed by atoms with E-state index in [1.807, 2.05) is 6.92 Å². The van der Waals surface area contributed by atoms with E-state index >= 15 is 0 Å². The highest BCUT2D eigenvalue weighted by atomic mass is 19.4. The molecule has 0 spiro atoms. The number of para-hydroxylation sites is 1. The third kappa shape index (κ3) is 3.28. The predicted molar refractivity (Wildman–Crippen MR) is 87.0 cm³/mol. The average molecular weight is 348 g/mol. The predicted octanol–water partition coefficient (Wildman–Crippen LogP) is 3.61. The van der Waals surface area contributed by atoms with Gasteiger partial charge in [0.1, 0.15) is 5.92 Å². The number of rotatable bonds is 3. The lowest BCUT2D eigenvalue weighted by molar-refractivity contribution is -0.123. The third-order valence-corrected chi connectivity index (χ3v) is 4.00. The zero-order valence-electron chi connectivity index (χ0n) is 13.2. The Morgan fingerprint density at radius 3 is 2.24 bits per heavy atom. The molecule has 1 amide bonds. The molecule has 3 rings (SSSR count). The number of alkyl halides is 3. The van der Waals surface area contributed by atoms with Crippen LogP contribution < -0.4 is 5.01 Å². The fourth-order valence-electron chi connectivity index (χ4n) is 2.70. The van der Waals surface area contributed by atoms with Crippen molar-refractivity contribution >= 4 is 17.3 Å². The molecule has 1 N–H and O–H groups in total. The lowest BCUT2D eigenvalue weighted by atomic mass is 9.90. The Labute approximate surface area is 142 Å². The Morgan fingerprint density at radius 1 is 1.08 bits per heavy atom. The lowest BCUT2D eigenvalue weighted by Crippen LogP contribution is -2.37. The van der Waals surface area contributed by atoms with E-state index in [-0.39, 0.29) is 11.3 Å². The van der Waals surface area contributed by atoms with Crippen LogP contribution in [0, 0.1) is 12.8 Å². The zero-order valence-corrected chi connectivity index (χ0v) is 13.2. The van der Waals surface area contributed by atoms with E-state index in [0.29, 0.717) is 5.01 Å². The number of halogens is 3. The number of aliphatic hydroxyl groups excluding tert-OH is 1. The number of carbonyl (C=O) groups excluding carboxylic acids is 1. The quantitative estimate of drug-likeness (QED) is 0.921. The standard InChI is InChI=1S/C18H15F3N2O2/c1-11-7-9-12(10-8-11)15(24)14-16(18(19,20)21)22-23(17(14)25)13-5-3-2-4-6-13/h2-10,14-15,24H,1H3/t14-,15+/m0/s1. The van der Waals surface area contributed by atoms with Gasteiger partial charge in [0.25, 0.3) is 5.91 Å². The lowest BCUT2D eigenvalue weighted by Gasteiger charge is -2.20. The minimum Gasteiger partial charge on any atom is -0.387 e. The Hall–Kier alpha value is -2.67. The second-order valence-electron chi connectivity index (χ2n) is 5.80. The minimum atomic E-state index is -4.82. The maximum absolute atomic E-state index is 13.4. The number of hydrazone groups is 1. The Bertz CT molecular complexity index is 801. The van der Waals surface area contributed by atoms with Crippen LogP contribution in [0.25, 0.3) is 0 Å². The molecule has 0 saturated carbocycles. The van der Waals surface area contributed by atoms with Gasteiger partial charge < -0.3 is 5.11 Å². The molecule has 0 radical (unpaired) electrons. The van der Waals surface area contributed by atoms with Gasteiger partial charge in [0.15, 0.2) is 5.71 Å². The van der Waals surface area contributed by atoms with Gasteiger partial charge in [-0.15, -0.1) is 0 Å². The van der Waals surface area contributed by atoms with E-state index in [4.69, 9.17) is 0 Å². The number of nitrogens with zero attached hydrogens (tertiary/aromatic N) is 2. The first-order valence-electron chi connectivity index (χ1n) is 7.58. The highest BCUT2D eigenvalue weighted by Crippen LogP contribution is 2.38. The number of hydrogen-bond acceptors (Lipinski definition) is 3. The molecule has 0 fully saturated rings. The summed E-state index contributed by atoms with van der Waals surface area (Å²) < 4.78 is 40.2. The van der Waals surface area contributed by atoms with Crippen molar-refractivity contribution in [3.63, 3.8) is 0 Å². The van der Waals surface area contributed by atoms with Gasteiger partial charge in [0.05, 0.1) is 11.8 Å². The van der Waals surface area contributed by atoms with E-state index in [9.17, 15) is 23.1 Å². The van der Waals surface area contributed by atoms with Crippen LogP contribution in [0.3, 0.4) is 0 Å². The Morgan fingerprint density at radius 2 is 1.68 bits per heavy atom. The summed E-state index contributed by atoms with van der Waals surface area (Å²) in [5, 5.41) is 14.6. The van der Waals surface area contributed by atoms with Gasteiger partial charge >= 0.3 is 6.18 Å². The molecule has 0 aliphatic carbocycles. The van der Waals surface area contributed by atoms with E-state index in [2.05, 4.69) is 5.10 Å². The van der Waals surface area contributed by atoms with Gasteiger partial charge in [0, 0.05) is 0 Å². The second kappa shape index (κ2) is 6.33. The van der Waals surface area contributed by atoms with Gasteiger partial charge in [-0.05, 0) is 24.6 Å². The maximum atomic E-state index is 13.4. The molecule has 0 bridgehead atoms. The van der Waals surface area contributed by atoms with Crippen LogP contribution in [0.4, 0.5) is 18.9 Å². The monoisotopic (exact) mass is 348 g/mol. The number of carbonyl (C=O) groups is 1. The molecule has 7 heteroatoms. The first kappa shape index (κ1) is 17.2. The summed E-state index contributed by atoms with van der Waals surface area (Å²) in [6.07, 6.45) is -6.46. The maximum Gasteiger partial charge on any atom is 0.432 e. The van der Waals surface area contributed by atoms with Crippen LogP contribution >= 0.6 is 0 Å². The Balaban J connectivity index is 2.01. The molecule has 4 nitrogen and oxygen atoms in total. The van der Waals surface area contributed by atoms with Gasteiger partial charge in [-0.25, -0.2) is 0 Å². The molecule has 0 unspecified atom stereocenters. The minimum absolute atomic E-state index is 0.216. The molecule has 2 atom stereocenters. The van der Waals surface area contributed by atoms with Gasteiger partial charge in [-0.2, -0.15) is 23.3 Å². The number of hydrogen-bond donors (Lipinski definition) is 1. The van der Waals surface area contributed by atoms with Crippen LogP contribution in [0.5, 0.6) is 0 Å². The van der Waals surface area contributed by atoms with Crippen LogP contribution in [-0.2, 0) is 4.79 Å². The van der Waals surface area contributed by atoms with Crippen LogP contribution in [-0.4, -0.2) is 22.9 Å². The highest BCUT2D eigenvalue weighted by molar-refractivity contribution is 6.17. The van der Waals surface area contributed by atoms with Crippen molar-refractivity contribution in [2.75, 3.05) is 5.01 Å². The zero-order chi connectivity index (χ0) is 18.2. The average Bonchev–Trinajstić information content (AvgIpc) is 2.93. The fraction of sp³-hybridized carbons (Fsp3) is 0.222. The van der Waals surface area contributed by atoms with Gasteiger partial charge in [0.2, 0.25) is 0 Å². The Kier molecular flexibility index (Phi) is 4.34. The number of aliphatic hydroxyl groups is 1. The summed E-state index contributed by atoms with van der Waals surface area (Å²) in [6.45, 7) is 1.82. The smallest absolute Gasteiger partial charge is 0.387 e. The van der Waals surface area contributed by atoms with E-state index in [1.165, 1.54) is 24.3 Å². The number of benzene rings is 2. The highest BCUT2D eigenvalue weighted by Gasteiger charge is 2.53. The van der Waals surface area contributed by atoms with Crippen molar-refractivity contribution in [2.24, 2.45) is 11.0 Å². The van der Waals surface area contributed by atoms with Crippen molar-refractivity contribution in [1.82, 2.24) is 0 Å². The summed E-state index contributed by atoms with van der Waals surface area (Å²) in [6, 6.07) is 14.2. The SMILES string of the molecule is Cc1ccc([C@@H](O)[C@@H]2C(=O)N(c3ccccc3)N=C2C(F)(F)F)cc1. The second-order valence-corrected chi connectivity index (χ2v) is 5.80. The van der Waals surface area contributed by atoms with Crippen LogP contribution in [0.2, 0.25) is 0 Å². The largest absolute Gasteiger partial charge is 0.432 e. The summed E-state index contributed by atoms with van der Waals surface area (Å²) in [7, 11) is 0. The summed E-state index contributed by atoms with van der Waals surface area (Å²) in [4.78, 5) is 12.6. The van der Waals surface area contributed by atoms with Crippen molar-refractivity contribution in [3.05, 3.63) is 65.7 Å². The van der Waals surface area contributed by atoms with Crippen LogP contribution in [0.1, 0.15) is 17.2 Å². The van der Waals surface area contributed by atoms with Crippen molar-refractivity contribution in [2.45, 2.75) is 19.2 Å². The molecule has 2 aromatic rings. The molecule has 1 aliphatic heterocycles. The number of anilines is 1. The summed E-state index contributed by atoms with van der Waals surface area (Å²) in [5.41, 5.74) is 0.0439. The molecule has 2 aromatic carbocycles. The van der Waals surface area contributed by atoms with E-state index in [0.717, 1.165) is 5.56 Å². The number of aryl methyl sites for hydroxylation is 1. The molecular weight excluding hydrogens is 333 g/mol. The fourth-order valence-corrected chi connectivity index (χ4v) is 2.70. The first-order valence-corrected chi connectivity index (χ1v) is 7.58. The molecule has 0 aromatic heterocycles. The summed E-state index contributed by atoms with van der Waals surface area (Å²) in [5.74, 6) is -2.71. The van der Waals surface area contributed by atoms with Gasteiger partial charge in [-0.1, -0.05) is 48.0 Å². The molecular formula is C18H15F3N2O2. The van der Waals surface area contributed by atoms with Crippen LogP contribution in [0.15, 0.2) is 59.7 Å².